The van der Waals surface area contributed by atoms with Gasteiger partial charge >= 0.3 is 5.97 Å². The summed E-state index contributed by atoms with van der Waals surface area (Å²) in [6.07, 6.45) is 2.96. The Balaban J connectivity index is 1.54. The number of carbonyl (C=O) groups is 1. The van der Waals surface area contributed by atoms with Crippen LogP contribution in [0.5, 0.6) is 0 Å². The molecule has 1 aliphatic carbocycles. The summed E-state index contributed by atoms with van der Waals surface area (Å²) < 4.78 is 0. The van der Waals surface area contributed by atoms with E-state index in [2.05, 4.69) is 60.4 Å². The predicted octanol–water partition coefficient (Wildman–Crippen LogP) is 4.35. The third-order valence-corrected chi connectivity index (χ3v) is 6.16. The van der Waals surface area contributed by atoms with Gasteiger partial charge in [-0.05, 0) is 54.0 Å². The van der Waals surface area contributed by atoms with Crippen LogP contribution >= 0.6 is 0 Å². The van der Waals surface area contributed by atoms with Crippen molar-refractivity contribution in [2.75, 3.05) is 13.1 Å². The number of aliphatic carboxylic acids is 1. The fraction of sp³-hybridized carbons (Fsp3) is 0.409. The number of aryl methyl sites for hydroxylation is 1. The summed E-state index contributed by atoms with van der Waals surface area (Å²) in [6.45, 7) is 4.59. The molecule has 1 N–H and O–H groups in total. The number of carboxylic acids is 1. The van der Waals surface area contributed by atoms with Gasteiger partial charge < -0.3 is 5.11 Å². The Kier molecular flexibility index (Phi) is 4.12. The molecule has 3 nitrogen and oxygen atoms in total. The third kappa shape index (κ3) is 2.87. The number of hydrogen-bond donors (Lipinski definition) is 1. The summed E-state index contributed by atoms with van der Waals surface area (Å²) in [5.41, 5.74) is 4.56. The van der Waals surface area contributed by atoms with E-state index < -0.39 is 11.4 Å². The van der Waals surface area contributed by atoms with Gasteiger partial charge in [-0.1, -0.05) is 48.9 Å². The van der Waals surface area contributed by atoms with Crippen molar-refractivity contribution in [1.29, 1.82) is 0 Å². The quantitative estimate of drug-likeness (QED) is 0.903. The maximum Gasteiger partial charge on any atom is 0.311 e. The van der Waals surface area contributed by atoms with Crippen LogP contribution in [-0.4, -0.2) is 29.1 Å². The molecule has 0 spiro atoms. The van der Waals surface area contributed by atoms with Gasteiger partial charge in [-0.15, -0.1) is 0 Å². The van der Waals surface area contributed by atoms with Crippen molar-refractivity contribution < 1.29 is 9.90 Å². The number of carboxylic acid groups (broad SMARTS) is 1. The Morgan fingerprint density at radius 1 is 1.24 bits per heavy atom. The Bertz CT molecular complexity index is 800. The number of hydrogen-bond acceptors (Lipinski definition) is 2. The molecule has 1 aliphatic heterocycles. The van der Waals surface area contributed by atoms with Crippen molar-refractivity contribution in [1.82, 2.24) is 4.90 Å². The highest BCUT2D eigenvalue weighted by atomic mass is 16.4. The first kappa shape index (κ1) is 16.3. The Morgan fingerprint density at radius 3 is 2.84 bits per heavy atom. The minimum Gasteiger partial charge on any atom is -0.481 e. The highest BCUT2D eigenvalue weighted by Gasteiger charge is 2.54. The number of benzene rings is 2. The summed E-state index contributed by atoms with van der Waals surface area (Å²) in [5.74, 6) is -0.268. The van der Waals surface area contributed by atoms with Gasteiger partial charge in [-0.25, -0.2) is 0 Å². The fourth-order valence-corrected chi connectivity index (χ4v) is 4.86. The summed E-state index contributed by atoms with van der Waals surface area (Å²) in [6, 6.07) is 17.1. The second kappa shape index (κ2) is 6.30. The molecule has 4 rings (SSSR count). The zero-order chi connectivity index (χ0) is 17.4. The van der Waals surface area contributed by atoms with Crippen molar-refractivity contribution in [3.8, 4) is 11.1 Å². The molecular formula is C22H25NO2. The lowest BCUT2D eigenvalue weighted by molar-refractivity contribution is -0.149. The lowest BCUT2D eigenvalue weighted by Gasteiger charge is -2.23. The topological polar surface area (TPSA) is 40.5 Å². The van der Waals surface area contributed by atoms with Crippen molar-refractivity contribution in [2.24, 2.45) is 11.3 Å². The Morgan fingerprint density at radius 2 is 2.08 bits per heavy atom. The molecular weight excluding hydrogens is 310 g/mol. The molecule has 0 bridgehead atoms. The van der Waals surface area contributed by atoms with Crippen LogP contribution in [0.25, 0.3) is 11.1 Å². The second-order valence-corrected chi connectivity index (χ2v) is 7.74. The molecule has 1 saturated carbocycles. The van der Waals surface area contributed by atoms with Crippen molar-refractivity contribution in [2.45, 2.75) is 32.7 Å². The first-order chi connectivity index (χ1) is 12.1. The van der Waals surface area contributed by atoms with Crippen LogP contribution in [0.4, 0.5) is 0 Å². The Labute approximate surface area is 149 Å². The maximum absolute atomic E-state index is 11.9. The molecule has 2 fully saturated rings. The first-order valence-corrected chi connectivity index (χ1v) is 9.19. The lowest BCUT2D eigenvalue weighted by atomic mass is 9.81. The fourth-order valence-electron chi connectivity index (χ4n) is 4.86. The van der Waals surface area contributed by atoms with Gasteiger partial charge in [0.05, 0.1) is 5.41 Å². The van der Waals surface area contributed by atoms with E-state index in [0.717, 1.165) is 32.4 Å². The molecule has 0 unspecified atom stereocenters. The highest BCUT2D eigenvalue weighted by molar-refractivity contribution is 5.76. The van der Waals surface area contributed by atoms with E-state index in [9.17, 15) is 9.90 Å². The SMILES string of the molecule is Cc1ccccc1-c1cccc(CN2C[C@@H]3CCC[C@@]3(C(=O)O)C2)c1. The normalized spacial score (nSPS) is 25.9. The molecule has 0 aromatic heterocycles. The van der Waals surface area contributed by atoms with Crippen LogP contribution in [0, 0.1) is 18.3 Å². The van der Waals surface area contributed by atoms with E-state index in [1.807, 2.05) is 0 Å². The van der Waals surface area contributed by atoms with E-state index in [4.69, 9.17) is 0 Å². The monoisotopic (exact) mass is 335 g/mol. The number of nitrogens with zero attached hydrogens (tertiary/aromatic N) is 1. The van der Waals surface area contributed by atoms with E-state index in [1.165, 1.54) is 22.3 Å². The molecule has 2 aromatic rings. The molecule has 2 aliphatic rings. The minimum atomic E-state index is -0.592. The molecule has 0 amide bonds. The van der Waals surface area contributed by atoms with Gasteiger partial charge in [-0.2, -0.15) is 0 Å². The molecule has 2 atom stereocenters. The summed E-state index contributed by atoms with van der Waals surface area (Å²) >= 11 is 0. The van der Waals surface area contributed by atoms with E-state index >= 15 is 0 Å². The van der Waals surface area contributed by atoms with Crippen LogP contribution in [0.1, 0.15) is 30.4 Å². The highest BCUT2D eigenvalue weighted by Crippen LogP contribution is 2.49. The largest absolute Gasteiger partial charge is 0.481 e. The maximum atomic E-state index is 11.9. The van der Waals surface area contributed by atoms with Gasteiger partial charge in [0.15, 0.2) is 0 Å². The van der Waals surface area contributed by atoms with E-state index in [0.29, 0.717) is 12.5 Å². The molecule has 2 aromatic carbocycles. The molecule has 1 heterocycles. The third-order valence-electron chi connectivity index (χ3n) is 6.16. The average Bonchev–Trinajstić information content (AvgIpc) is 3.13. The van der Waals surface area contributed by atoms with E-state index in [1.54, 1.807) is 0 Å². The molecule has 130 valence electrons. The zero-order valence-electron chi connectivity index (χ0n) is 14.7. The van der Waals surface area contributed by atoms with Crippen molar-refractivity contribution >= 4 is 5.97 Å². The zero-order valence-corrected chi connectivity index (χ0v) is 14.7. The average molecular weight is 335 g/mol. The van der Waals surface area contributed by atoms with Gasteiger partial charge in [0, 0.05) is 19.6 Å². The van der Waals surface area contributed by atoms with Crippen molar-refractivity contribution in [3.63, 3.8) is 0 Å². The predicted molar refractivity (Wildman–Crippen MR) is 99.3 cm³/mol. The molecule has 3 heteroatoms. The van der Waals surface area contributed by atoms with Crippen LogP contribution in [0.3, 0.4) is 0 Å². The number of rotatable bonds is 4. The van der Waals surface area contributed by atoms with Gasteiger partial charge in [-0.3, -0.25) is 9.69 Å². The molecule has 25 heavy (non-hydrogen) atoms. The van der Waals surface area contributed by atoms with Gasteiger partial charge in [0.2, 0.25) is 0 Å². The van der Waals surface area contributed by atoms with Crippen LogP contribution in [-0.2, 0) is 11.3 Å². The summed E-state index contributed by atoms with van der Waals surface area (Å²) in [7, 11) is 0. The minimum absolute atomic E-state index is 0.324. The van der Waals surface area contributed by atoms with Crippen LogP contribution in [0.2, 0.25) is 0 Å². The van der Waals surface area contributed by atoms with Gasteiger partial charge in [0.25, 0.3) is 0 Å². The molecule has 1 saturated heterocycles. The Hall–Kier alpha value is -2.13. The van der Waals surface area contributed by atoms with Crippen LogP contribution < -0.4 is 0 Å². The summed E-state index contributed by atoms with van der Waals surface area (Å²) in [4.78, 5) is 14.2. The summed E-state index contributed by atoms with van der Waals surface area (Å²) in [5, 5.41) is 9.75. The lowest BCUT2D eigenvalue weighted by Crippen LogP contribution is -2.35. The second-order valence-electron chi connectivity index (χ2n) is 7.74. The van der Waals surface area contributed by atoms with Crippen LogP contribution in [0.15, 0.2) is 48.5 Å². The van der Waals surface area contributed by atoms with Crippen molar-refractivity contribution in [3.05, 3.63) is 59.7 Å². The molecule has 0 radical (unpaired) electrons. The first-order valence-electron chi connectivity index (χ1n) is 9.19. The van der Waals surface area contributed by atoms with E-state index in [-0.39, 0.29) is 0 Å². The number of fused-ring (bicyclic) bond motifs is 1. The standard InChI is InChI=1S/C22H25NO2/c1-16-6-2-3-10-20(16)18-8-4-7-17(12-18)13-23-14-19-9-5-11-22(19,15-23)21(24)25/h2-4,6-8,10,12,19H,5,9,11,13-15H2,1H3,(H,24,25)/t19-,22+/m0/s1. The number of likely N-dealkylation sites (tertiary alicyclic amines) is 1. The van der Waals surface area contributed by atoms with Gasteiger partial charge in [0.1, 0.15) is 0 Å². The smallest absolute Gasteiger partial charge is 0.311 e.